The van der Waals surface area contributed by atoms with Gasteiger partial charge in [0.2, 0.25) is 0 Å². The molecule has 2 aromatic rings. The van der Waals surface area contributed by atoms with Gasteiger partial charge < -0.3 is 0 Å². The van der Waals surface area contributed by atoms with E-state index in [1.54, 1.807) is 11.5 Å². The molecule has 0 saturated heterocycles. The maximum atomic E-state index is 11.8. The Morgan fingerprint density at radius 2 is 2.21 bits per heavy atom. The van der Waals surface area contributed by atoms with Crippen molar-refractivity contribution >= 4 is 21.6 Å². The first kappa shape index (κ1) is 9.46. The Balaban J connectivity index is 2.73. The minimum absolute atomic E-state index is 0.163. The Kier molecular flexibility index (Phi) is 2.42. The molecule has 0 aliphatic rings. The summed E-state index contributed by atoms with van der Waals surface area (Å²) in [6.45, 7) is 4.97. The molecule has 0 bridgehead atoms. The van der Waals surface area contributed by atoms with Crippen molar-refractivity contribution in [3.05, 3.63) is 34.1 Å². The molecule has 2 rings (SSSR count). The van der Waals surface area contributed by atoms with Gasteiger partial charge >= 0.3 is 0 Å². The van der Waals surface area contributed by atoms with Gasteiger partial charge in [0.1, 0.15) is 0 Å². The number of hydrogen-bond acceptors (Lipinski definition) is 2. The van der Waals surface area contributed by atoms with Crippen molar-refractivity contribution in [3.63, 3.8) is 0 Å². The zero-order valence-corrected chi connectivity index (χ0v) is 9.23. The zero-order chi connectivity index (χ0) is 10.1. The normalized spacial score (nSPS) is 11.0. The fraction of sp³-hybridized carbons (Fsp3) is 0.364. The van der Waals surface area contributed by atoms with Crippen LogP contribution in [-0.2, 0) is 6.54 Å². The van der Waals surface area contributed by atoms with Gasteiger partial charge in [0.15, 0.2) is 0 Å². The van der Waals surface area contributed by atoms with Crippen LogP contribution in [0.3, 0.4) is 0 Å². The Labute approximate surface area is 86.9 Å². The highest BCUT2D eigenvalue weighted by Crippen LogP contribution is 2.20. The third-order valence-corrected chi connectivity index (χ3v) is 3.59. The number of nitrogens with zero attached hydrogens (tertiary/aromatic N) is 1. The molecule has 0 unspecified atom stereocenters. The van der Waals surface area contributed by atoms with Crippen LogP contribution < -0.4 is 5.56 Å². The first-order chi connectivity index (χ1) is 6.74. The molecule has 0 amide bonds. The predicted octanol–water partition coefficient (Wildman–Crippen LogP) is 2.78. The van der Waals surface area contributed by atoms with E-state index < -0.39 is 0 Å². The minimum Gasteiger partial charge on any atom is -0.268 e. The van der Waals surface area contributed by atoms with Crippen LogP contribution in [0.4, 0.5) is 0 Å². The summed E-state index contributed by atoms with van der Waals surface area (Å²) in [5.74, 6) is 0. The number of aromatic nitrogens is 1. The quantitative estimate of drug-likeness (QED) is 0.742. The minimum atomic E-state index is 0.163. The molecule has 0 aliphatic heterocycles. The number of rotatable bonds is 2. The SMILES string of the molecule is CCCn1sc2c(C)cccc2c1=O. The topological polar surface area (TPSA) is 22.0 Å². The van der Waals surface area contributed by atoms with Crippen molar-refractivity contribution in [2.24, 2.45) is 0 Å². The van der Waals surface area contributed by atoms with Gasteiger partial charge in [-0.3, -0.25) is 8.75 Å². The number of benzene rings is 1. The Morgan fingerprint density at radius 3 is 2.86 bits per heavy atom. The maximum absolute atomic E-state index is 11.8. The van der Waals surface area contributed by atoms with E-state index in [1.807, 2.05) is 16.1 Å². The summed E-state index contributed by atoms with van der Waals surface area (Å²) >= 11 is 1.58. The van der Waals surface area contributed by atoms with Crippen LogP contribution in [0.25, 0.3) is 10.1 Å². The molecular formula is C11H13NOS. The van der Waals surface area contributed by atoms with E-state index in [4.69, 9.17) is 0 Å². The first-order valence-electron chi connectivity index (χ1n) is 4.83. The van der Waals surface area contributed by atoms with E-state index in [0.29, 0.717) is 0 Å². The lowest BCUT2D eigenvalue weighted by Gasteiger charge is -1.93. The number of aryl methyl sites for hydroxylation is 2. The highest BCUT2D eigenvalue weighted by atomic mass is 32.1. The lowest BCUT2D eigenvalue weighted by Crippen LogP contribution is -2.12. The van der Waals surface area contributed by atoms with Crippen LogP contribution in [0.15, 0.2) is 23.0 Å². The van der Waals surface area contributed by atoms with Gasteiger partial charge in [-0.25, -0.2) is 0 Å². The first-order valence-corrected chi connectivity index (χ1v) is 5.61. The Bertz CT molecular complexity index is 509. The van der Waals surface area contributed by atoms with E-state index in [1.165, 1.54) is 5.56 Å². The maximum Gasteiger partial charge on any atom is 0.268 e. The molecule has 0 aliphatic carbocycles. The molecule has 14 heavy (non-hydrogen) atoms. The van der Waals surface area contributed by atoms with Crippen LogP contribution in [0.2, 0.25) is 0 Å². The second-order valence-electron chi connectivity index (χ2n) is 3.45. The highest BCUT2D eigenvalue weighted by Gasteiger charge is 2.07. The molecule has 3 heteroatoms. The average Bonchev–Trinajstić information content (AvgIpc) is 2.48. The lowest BCUT2D eigenvalue weighted by atomic mass is 10.2. The number of hydrogen-bond donors (Lipinski definition) is 0. The molecule has 1 aromatic heterocycles. The van der Waals surface area contributed by atoms with Crippen LogP contribution in [0.5, 0.6) is 0 Å². The highest BCUT2D eigenvalue weighted by molar-refractivity contribution is 7.14. The zero-order valence-electron chi connectivity index (χ0n) is 8.41. The molecule has 1 aromatic carbocycles. The Hall–Kier alpha value is -1.09. The van der Waals surface area contributed by atoms with E-state index in [-0.39, 0.29) is 5.56 Å². The van der Waals surface area contributed by atoms with Gasteiger partial charge in [0.25, 0.3) is 5.56 Å². The van der Waals surface area contributed by atoms with Crippen molar-refractivity contribution in [2.45, 2.75) is 26.8 Å². The summed E-state index contributed by atoms with van der Waals surface area (Å²) < 4.78 is 2.98. The molecule has 0 atom stereocenters. The van der Waals surface area contributed by atoms with E-state index in [9.17, 15) is 4.79 Å². The summed E-state index contributed by atoms with van der Waals surface area (Å²) in [5, 5.41) is 0.864. The van der Waals surface area contributed by atoms with Gasteiger partial charge in [0, 0.05) is 6.54 Å². The molecule has 0 fully saturated rings. The summed E-state index contributed by atoms with van der Waals surface area (Å²) in [7, 11) is 0. The molecular weight excluding hydrogens is 194 g/mol. The predicted molar refractivity (Wildman–Crippen MR) is 61.1 cm³/mol. The Morgan fingerprint density at radius 1 is 1.43 bits per heavy atom. The van der Waals surface area contributed by atoms with Crippen molar-refractivity contribution in [1.82, 2.24) is 3.96 Å². The largest absolute Gasteiger partial charge is 0.268 e. The van der Waals surface area contributed by atoms with Gasteiger partial charge in [-0.2, -0.15) is 0 Å². The van der Waals surface area contributed by atoms with E-state index in [2.05, 4.69) is 19.9 Å². The fourth-order valence-electron chi connectivity index (χ4n) is 1.58. The standard InChI is InChI=1S/C11H13NOS/c1-3-7-12-11(13)9-6-4-5-8(2)10(9)14-12/h4-6H,3,7H2,1-2H3. The molecule has 0 spiro atoms. The second kappa shape index (κ2) is 3.58. The molecule has 0 saturated carbocycles. The smallest absolute Gasteiger partial charge is 0.268 e. The van der Waals surface area contributed by atoms with E-state index >= 15 is 0 Å². The molecule has 74 valence electrons. The summed E-state index contributed by atoms with van der Waals surface area (Å²) in [6, 6.07) is 5.91. The van der Waals surface area contributed by atoms with Gasteiger partial charge in [-0.15, -0.1) is 0 Å². The van der Waals surface area contributed by atoms with Crippen molar-refractivity contribution in [2.75, 3.05) is 0 Å². The van der Waals surface area contributed by atoms with Crippen LogP contribution in [-0.4, -0.2) is 3.96 Å². The summed E-state index contributed by atoms with van der Waals surface area (Å²) in [4.78, 5) is 11.8. The van der Waals surface area contributed by atoms with Crippen molar-refractivity contribution in [3.8, 4) is 0 Å². The lowest BCUT2D eigenvalue weighted by molar-refractivity contribution is 0.716. The summed E-state index contributed by atoms with van der Waals surface area (Å²) in [6.07, 6.45) is 1.01. The molecule has 1 heterocycles. The number of fused-ring (bicyclic) bond motifs is 1. The molecule has 2 nitrogen and oxygen atoms in total. The fourth-order valence-corrected chi connectivity index (χ4v) is 2.72. The van der Waals surface area contributed by atoms with Crippen LogP contribution in [0.1, 0.15) is 18.9 Å². The molecule has 0 radical (unpaired) electrons. The third-order valence-electron chi connectivity index (χ3n) is 2.30. The van der Waals surface area contributed by atoms with Gasteiger partial charge in [-0.05, 0) is 25.0 Å². The average molecular weight is 207 g/mol. The third kappa shape index (κ3) is 1.38. The van der Waals surface area contributed by atoms with E-state index in [0.717, 1.165) is 23.1 Å². The van der Waals surface area contributed by atoms with Crippen molar-refractivity contribution in [1.29, 1.82) is 0 Å². The molecule has 0 N–H and O–H groups in total. The second-order valence-corrected chi connectivity index (χ2v) is 4.48. The monoisotopic (exact) mass is 207 g/mol. The van der Waals surface area contributed by atoms with Gasteiger partial charge in [-0.1, -0.05) is 30.6 Å². The van der Waals surface area contributed by atoms with Crippen molar-refractivity contribution < 1.29 is 0 Å². The summed E-state index contributed by atoms with van der Waals surface area (Å²) in [5.41, 5.74) is 1.36. The van der Waals surface area contributed by atoms with Crippen LogP contribution >= 0.6 is 11.5 Å². The van der Waals surface area contributed by atoms with Gasteiger partial charge in [0.05, 0.1) is 10.1 Å². The van der Waals surface area contributed by atoms with Crippen LogP contribution in [0, 0.1) is 6.92 Å².